The highest BCUT2D eigenvalue weighted by Crippen LogP contribution is 2.27. The fourth-order valence-electron chi connectivity index (χ4n) is 4.16. The van der Waals surface area contributed by atoms with Crippen molar-refractivity contribution in [1.29, 1.82) is 0 Å². The van der Waals surface area contributed by atoms with E-state index in [1.807, 2.05) is 13.0 Å². The second-order valence-electron chi connectivity index (χ2n) is 8.53. The van der Waals surface area contributed by atoms with Crippen LogP contribution >= 0.6 is 11.3 Å². The number of H-pyrrole nitrogens is 1. The first-order valence-electron chi connectivity index (χ1n) is 11.2. The van der Waals surface area contributed by atoms with Gasteiger partial charge in [-0.15, -0.1) is 11.3 Å². The molecule has 4 aromatic rings. The van der Waals surface area contributed by atoms with Crippen LogP contribution in [0.15, 0.2) is 42.3 Å². The number of rotatable bonds is 6. The second-order valence-corrected chi connectivity index (χ2v) is 9.42. The molecular weight excluding hydrogens is 450 g/mol. The Bertz CT molecular complexity index is 1350. The minimum absolute atomic E-state index is 0.0875. The highest BCUT2D eigenvalue weighted by molar-refractivity contribution is 7.13. The van der Waals surface area contributed by atoms with Crippen LogP contribution in [0.4, 0.5) is 11.4 Å². The lowest BCUT2D eigenvalue weighted by Gasteiger charge is -2.20. The highest BCUT2D eigenvalue weighted by atomic mass is 32.1. The van der Waals surface area contributed by atoms with Crippen LogP contribution in [-0.2, 0) is 4.79 Å². The maximum absolute atomic E-state index is 13.0. The number of hydrogen-bond donors (Lipinski definition) is 3. The van der Waals surface area contributed by atoms with Crippen molar-refractivity contribution >= 4 is 45.6 Å². The summed E-state index contributed by atoms with van der Waals surface area (Å²) in [6, 6.07) is 5.90. The Morgan fingerprint density at radius 2 is 2.06 bits per heavy atom. The van der Waals surface area contributed by atoms with E-state index >= 15 is 0 Å². The number of pyridine rings is 2. The summed E-state index contributed by atoms with van der Waals surface area (Å²) in [5.41, 5.74) is 5.56. The van der Waals surface area contributed by atoms with E-state index in [1.165, 1.54) is 17.5 Å². The van der Waals surface area contributed by atoms with Gasteiger partial charge in [-0.25, -0.2) is 4.98 Å². The smallest absolute Gasteiger partial charge is 0.257 e. The van der Waals surface area contributed by atoms with Crippen LogP contribution in [0.3, 0.4) is 0 Å². The van der Waals surface area contributed by atoms with E-state index < -0.39 is 0 Å². The molecule has 10 heteroatoms. The molecule has 0 radical (unpaired) electrons. The summed E-state index contributed by atoms with van der Waals surface area (Å²) in [7, 11) is 0. The van der Waals surface area contributed by atoms with Gasteiger partial charge in [-0.3, -0.25) is 24.5 Å². The summed E-state index contributed by atoms with van der Waals surface area (Å²) >= 11 is 1.53. The van der Waals surface area contributed by atoms with E-state index in [4.69, 9.17) is 0 Å². The van der Waals surface area contributed by atoms with Crippen LogP contribution in [0.25, 0.3) is 21.6 Å². The fraction of sp³-hybridized carbons (Fsp3) is 0.292. The molecule has 4 aromatic heterocycles. The van der Waals surface area contributed by atoms with E-state index in [0.29, 0.717) is 40.9 Å². The number of nitrogens with zero attached hydrogens (tertiary/aromatic N) is 4. The van der Waals surface area contributed by atoms with E-state index in [-0.39, 0.29) is 11.8 Å². The molecule has 1 aliphatic heterocycles. The zero-order valence-corrected chi connectivity index (χ0v) is 19.8. The van der Waals surface area contributed by atoms with Gasteiger partial charge >= 0.3 is 0 Å². The normalized spacial score (nSPS) is 16.1. The Hall–Kier alpha value is -3.63. The topological polar surface area (TPSA) is 116 Å². The Balaban J connectivity index is 1.29. The first-order chi connectivity index (χ1) is 16.5. The summed E-state index contributed by atoms with van der Waals surface area (Å²) in [5.74, 6) is -0.384. The number of fused-ring (bicyclic) bond motifs is 1. The second kappa shape index (κ2) is 9.32. The maximum atomic E-state index is 13.0. The molecule has 1 atom stereocenters. The fourth-order valence-corrected chi connectivity index (χ4v) is 4.75. The summed E-state index contributed by atoms with van der Waals surface area (Å²) in [5, 5.41) is 6.63. The van der Waals surface area contributed by atoms with Crippen LogP contribution in [0, 0.1) is 6.92 Å². The highest BCUT2D eigenvalue weighted by Gasteiger charge is 2.22. The Morgan fingerprint density at radius 3 is 2.82 bits per heavy atom. The average Bonchev–Trinajstić information content (AvgIpc) is 3.57. The molecule has 5 rings (SSSR count). The van der Waals surface area contributed by atoms with Crippen molar-refractivity contribution in [1.82, 2.24) is 24.8 Å². The molecule has 0 bridgehead atoms. The van der Waals surface area contributed by atoms with Gasteiger partial charge in [-0.1, -0.05) is 0 Å². The summed E-state index contributed by atoms with van der Waals surface area (Å²) < 4.78 is 0. The number of amides is 2. The van der Waals surface area contributed by atoms with Crippen molar-refractivity contribution in [3.63, 3.8) is 0 Å². The molecule has 0 aliphatic carbocycles. The third-order valence-corrected chi connectivity index (χ3v) is 6.89. The van der Waals surface area contributed by atoms with Gasteiger partial charge < -0.3 is 15.6 Å². The predicted molar refractivity (Wildman–Crippen MR) is 133 cm³/mol. The number of likely N-dealkylation sites (tertiary alicyclic amines) is 1. The molecule has 9 nitrogen and oxygen atoms in total. The molecule has 1 fully saturated rings. The molecule has 0 aromatic carbocycles. The molecule has 2 amide bonds. The predicted octanol–water partition coefficient (Wildman–Crippen LogP) is 4.06. The van der Waals surface area contributed by atoms with Crippen LogP contribution < -0.4 is 10.6 Å². The Labute approximate surface area is 200 Å². The number of aromatic nitrogens is 4. The van der Waals surface area contributed by atoms with Gasteiger partial charge in [-0.2, -0.15) is 0 Å². The van der Waals surface area contributed by atoms with Gasteiger partial charge in [0.15, 0.2) is 0 Å². The van der Waals surface area contributed by atoms with Crippen molar-refractivity contribution in [3.8, 4) is 10.6 Å². The first kappa shape index (κ1) is 22.2. The number of anilines is 2. The van der Waals surface area contributed by atoms with Crippen LogP contribution in [0.1, 0.15) is 35.8 Å². The van der Waals surface area contributed by atoms with Gasteiger partial charge in [0.2, 0.25) is 5.91 Å². The van der Waals surface area contributed by atoms with Crippen molar-refractivity contribution < 1.29 is 9.59 Å². The minimum atomic E-state index is -0.297. The lowest BCUT2D eigenvalue weighted by Crippen LogP contribution is -2.35. The molecule has 3 N–H and O–H groups in total. The summed E-state index contributed by atoms with van der Waals surface area (Å²) in [6.07, 6.45) is 7.16. The van der Waals surface area contributed by atoms with E-state index in [9.17, 15) is 9.59 Å². The molecule has 1 saturated heterocycles. The standard InChI is InChI=1S/C24H25N7O2S/c1-14-4-3-5-31(14)12-22(32)28-18-8-19(15(2)26-10-18)30-24(33)17-6-16-7-20(21-11-25-13-34-21)29-23(16)27-9-17/h6-11,13-14H,3-5,12H2,1-2H3,(H,27,29)(H,28,32)(H,30,33)/t14-/m0/s1. The summed E-state index contributed by atoms with van der Waals surface area (Å²) in [4.78, 5) is 44.7. The molecular formula is C24H25N7O2S. The van der Waals surface area contributed by atoms with Crippen LogP contribution in [0.5, 0.6) is 0 Å². The number of carbonyl (C=O) groups is 2. The monoisotopic (exact) mass is 475 g/mol. The van der Waals surface area contributed by atoms with Gasteiger partial charge in [0.1, 0.15) is 5.65 Å². The molecule has 34 heavy (non-hydrogen) atoms. The number of carbonyl (C=O) groups excluding carboxylic acids is 2. The zero-order chi connectivity index (χ0) is 23.7. The number of aryl methyl sites for hydroxylation is 1. The van der Waals surface area contributed by atoms with Crippen LogP contribution in [-0.4, -0.2) is 55.8 Å². The third-order valence-electron chi connectivity index (χ3n) is 6.09. The lowest BCUT2D eigenvalue weighted by atomic mass is 10.2. The Kier molecular flexibility index (Phi) is 6.08. The average molecular weight is 476 g/mol. The molecule has 0 unspecified atom stereocenters. The SMILES string of the molecule is Cc1ncc(NC(=O)CN2CCC[C@@H]2C)cc1NC(=O)c1cnc2[nH]c(-c3cncs3)cc2c1. The molecule has 174 valence electrons. The van der Waals surface area contributed by atoms with Crippen molar-refractivity contribution in [2.75, 3.05) is 23.7 Å². The zero-order valence-electron chi connectivity index (χ0n) is 19.0. The molecule has 0 spiro atoms. The maximum Gasteiger partial charge on any atom is 0.257 e. The van der Waals surface area contributed by atoms with E-state index in [2.05, 4.69) is 42.4 Å². The number of nitrogens with one attached hydrogen (secondary N) is 3. The molecule has 1 aliphatic rings. The van der Waals surface area contributed by atoms with E-state index in [1.54, 1.807) is 30.0 Å². The third kappa shape index (κ3) is 4.68. The summed E-state index contributed by atoms with van der Waals surface area (Å²) in [6.45, 7) is 5.24. The van der Waals surface area contributed by atoms with Crippen LogP contribution in [0.2, 0.25) is 0 Å². The minimum Gasteiger partial charge on any atom is -0.339 e. The largest absolute Gasteiger partial charge is 0.339 e. The van der Waals surface area contributed by atoms with Crippen molar-refractivity contribution in [3.05, 3.63) is 53.6 Å². The van der Waals surface area contributed by atoms with Crippen molar-refractivity contribution in [2.45, 2.75) is 32.7 Å². The lowest BCUT2D eigenvalue weighted by molar-refractivity contribution is -0.117. The number of thiazole rings is 1. The quantitative estimate of drug-likeness (QED) is 0.387. The molecule has 5 heterocycles. The number of aromatic amines is 1. The molecule has 0 saturated carbocycles. The number of hydrogen-bond acceptors (Lipinski definition) is 7. The Morgan fingerprint density at radius 1 is 1.18 bits per heavy atom. The van der Waals surface area contributed by atoms with Gasteiger partial charge in [-0.05, 0) is 51.4 Å². The van der Waals surface area contributed by atoms with Gasteiger partial charge in [0, 0.05) is 23.8 Å². The van der Waals surface area contributed by atoms with E-state index in [0.717, 1.165) is 35.3 Å². The van der Waals surface area contributed by atoms with Gasteiger partial charge in [0.05, 0.1) is 51.5 Å². The first-order valence-corrected chi connectivity index (χ1v) is 12.0. The van der Waals surface area contributed by atoms with Crippen molar-refractivity contribution in [2.24, 2.45) is 0 Å². The van der Waals surface area contributed by atoms with Gasteiger partial charge in [0.25, 0.3) is 5.91 Å².